The van der Waals surface area contributed by atoms with Gasteiger partial charge in [0.1, 0.15) is 0 Å². The zero-order chi connectivity index (χ0) is 13.1. The summed E-state index contributed by atoms with van der Waals surface area (Å²) in [5.41, 5.74) is 3.14. The Morgan fingerprint density at radius 1 is 1.44 bits per heavy atom. The molecule has 1 aromatic carbocycles. The molecule has 1 aliphatic rings. The SMILES string of the molecule is Cc1ccc(C)c(C(=O)CN2CCSC(C)C2)c1. The second-order valence-corrected chi connectivity index (χ2v) is 6.70. The predicted octanol–water partition coefficient (Wildman–Crippen LogP) is 2.92. The summed E-state index contributed by atoms with van der Waals surface area (Å²) >= 11 is 2.00. The molecule has 1 aliphatic heterocycles. The van der Waals surface area contributed by atoms with Gasteiger partial charge in [-0.05, 0) is 25.5 Å². The van der Waals surface area contributed by atoms with Crippen molar-refractivity contribution in [2.45, 2.75) is 26.0 Å². The molecule has 0 bridgehead atoms. The smallest absolute Gasteiger partial charge is 0.177 e. The van der Waals surface area contributed by atoms with E-state index in [0.717, 1.165) is 35.5 Å². The zero-order valence-corrected chi connectivity index (χ0v) is 12.2. The van der Waals surface area contributed by atoms with E-state index in [1.807, 2.05) is 37.7 Å². The van der Waals surface area contributed by atoms with E-state index < -0.39 is 0 Å². The van der Waals surface area contributed by atoms with Gasteiger partial charge in [-0.25, -0.2) is 0 Å². The minimum Gasteiger partial charge on any atom is -0.294 e. The van der Waals surface area contributed by atoms with Crippen molar-refractivity contribution in [3.05, 3.63) is 34.9 Å². The molecular formula is C15H21NOS. The van der Waals surface area contributed by atoms with Crippen LogP contribution in [0.2, 0.25) is 0 Å². The maximum absolute atomic E-state index is 12.3. The summed E-state index contributed by atoms with van der Waals surface area (Å²) < 4.78 is 0. The first kappa shape index (κ1) is 13.6. The lowest BCUT2D eigenvalue weighted by Gasteiger charge is -2.29. The number of hydrogen-bond donors (Lipinski definition) is 0. The van der Waals surface area contributed by atoms with E-state index in [4.69, 9.17) is 0 Å². The van der Waals surface area contributed by atoms with Crippen LogP contribution in [0.25, 0.3) is 0 Å². The van der Waals surface area contributed by atoms with Crippen LogP contribution in [0.4, 0.5) is 0 Å². The Hall–Kier alpha value is -0.800. The molecule has 0 N–H and O–H groups in total. The fourth-order valence-corrected chi connectivity index (χ4v) is 3.44. The molecule has 1 fully saturated rings. The molecule has 1 heterocycles. The average molecular weight is 263 g/mol. The van der Waals surface area contributed by atoms with Crippen molar-refractivity contribution in [3.63, 3.8) is 0 Å². The van der Waals surface area contributed by atoms with Crippen LogP contribution in [-0.4, -0.2) is 41.3 Å². The molecule has 1 saturated heterocycles. The minimum absolute atomic E-state index is 0.260. The number of ketones is 1. The first-order valence-electron chi connectivity index (χ1n) is 6.50. The second-order valence-electron chi connectivity index (χ2n) is 5.16. The van der Waals surface area contributed by atoms with Gasteiger partial charge in [0.15, 0.2) is 5.78 Å². The summed E-state index contributed by atoms with van der Waals surface area (Å²) in [6.45, 7) is 8.92. The third kappa shape index (κ3) is 3.36. The highest BCUT2D eigenvalue weighted by Crippen LogP contribution is 2.19. The standard InChI is InChI=1S/C15H21NOS/c1-11-4-5-12(2)14(8-11)15(17)10-16-6-7-18-13(3)9-16/h4-5,8,13H,6-7,9-10H2,1-3H3. The maximum Gasteiger partial charge on any atom is 0.177 e. The molecule has 0 radical (unpaired) electrons. The van der Waals surface area contributed by atoms with Gasteiger partial charge in [0, 0.05) is 29.7 Å². The van der Waals surface area contributed by atoms with Crippen LogP contribution in [0.1, 0.15) is 28.4 Å². The van der Waals surface area contributed by atoms with Crippen LogP contribution in [0, 0.1) is 13.8 Å². The normalized spacial score (nSPS) is 20.9. The first-order valence-corrected chi connectivity index (χ1v) is 7.55. The molecule has 1 aromatic rings. The molecule has 3 heteroatoms. The molecule has 18 heavy (non-hydrogen) atoms. The Labute approximate surface area is 114 Å². The molecule has 0 spiro atoms. The first-order chi connectivity index (χ1) is 8.56. The van der Waals surface area contributed by atoms with Crippen LogP contribution < -0.4 is 0 Å². The molecule has 0 aromatic heterocycles. The van der Waals surface area contributed by atoms with Crippen LogP contribution in [0.3, 0.4) is 0 Å². The largest absolute Gasteiger partial charge is 0.294 e. The van der Waals surface area contributed by atoms with Crippen molar-refractivity contribution in [1.82, 2.24) is 4.90 Å². The Balaban J connectivity index is 2.05. The van der Waals surface area contributed by atoms with Crippen molar-refractivity contribution in [2.24, 2.45) is 0 Å². The number of nitrogens with zero attached hydrogens (tertiary/aromatic N) is 1. The molecule has 1 unspecified atom stereocenters. The van der Waals surface area contributed by atoms with Crippen molar-refractivity contribution in [2.75, 3.05) is 25.4 Å². The van der Waals surface area contributed by atoms with Gasteiger partial charge in [-0.2, -0.15) is 11.8 Å². The molecular weight excluding hydrogens is 242 g/mol. The number of aryl methyl sites for hydroxylation is 2. The van der Waals surface area contributed by atoms with E-state index in [1.54, 1.807) is 0 Å². The van der Waals surface area contributed by atoms with Gasteiger partial charge >= 0.3 is 0 Å². The van der Waals surface area contributed by atoms with Gasteiger partial charge in [0.05, 0.1) is 6.54 Å². The third-order valence-corrected chi connectivity index (χ3v) is 4.52. The summed E-state index contributed by atoms with van der Waals surface area (Å²) in [5, 5.41) is 0.644. The van der Waals surface area contributed by atoms with E-state index in [1.165, 1.54) is 0 Å². The van der Waals surface area contributed by atoms with Gasteiger partial charge in [0.25, 0.3) is 0 Å². The van der Waals surface area contributed by atoms with Gasteiger partial charge in [0.2, 0.25) is 0 Å². The van der Waals surface area contributed by atoms with Gasteiger partial charge < -0.3 is 0 Å². The van der Waals surface area contributed by atoms with Crippen molar-refractivity contribution in [3.8, 4) is 0 Å². The molecule has 2 nitrogen and oxygen atoms in total. The van der Waals surface area contributed by atoms with E-state index in [2.05, 4.69) is 17.9 Å². The number of carbonyl (C=O) groups is 1. The summed E-state index contributed by atoms with van der Waals surface area (Å²) in [7, 11) is 0. The number of Topliss-reactive ketones (excluding diaryl/α,β-unsaturated/α-hetero) is 1. The van der Waals surface area contributed by atoms with Crippen LogP contribution in [0.15, 0.2) is 18.2 Å². The van der Waals surface area contributed by atoms with E-state index in [-0.39, 0.29) is 5.78 Å². The fraction of sp³-hybridized carbons (Fsp3) is 0.533. The highest BCUT2D eigenvalue weighted by atomic mass is 32.2. The van der Waals surface area contributed by atoms with E-state index >= 15 is 0 Å². The Kier molecular flexibility index (Phi) is 4.46. The average Bonchev–Trinajstić information content (AvgIpc) is 2.32. The number of benzene rings is 1. The van der Waals surface area contributed by atoms with Gasteiger partial charge in [-0.3, -0.25) is 9.69 Å². The highest BCUT2D eigenvalue weighted by Gasteiger charge is 2.20. The Bertz CT molecular complexity index is 444. The quantitative estimate of drug-likeness (QED) is 0.782. The lowest BCUT2D eigenvalue weighted by molar-refractivity contribution is 0.0933. The van der Waals surface area contributed by atoms with Crippen LogP contribution in [0.5, 0.6) is 0 Å². The lowest BCUT2D eigenvalue weighted by atomic mass is 10.0. The molecule has 0 aliphatic carbocycles. The van der Waals surface area contributed by atoms with Crippen LogP contribution >= 0.6 is 11.8 Å². The maximum atomic E-state index is 12.3. The zero-order valence-electron chi connectivity index (χ0n) is 11.4. The van der Waals surface area contributed by atoms with Crippen LogP contribution in [-0.2, 0) is 0 Å². The number of hydrogen-bond acceptors (Lipinski definition) is 3. The summed E-state index contributed by atoms with van der Waals surface area (Å²) in [6, 6.07) is 6.11. The van der Waals surface area contributed by atoms with Crippen molar-refractivity contribution in [1.29, 1.82) is 0 Å². The Morgan fingerprint density at radius 2 is 2.22 bits per heavy atom. The molecule has 0 saturated carbocycles. The van der Waals surface area contributed by atoms with E-state index in [0.29, 0.717) is 11.8 Å². The molecule has 2 rings (SSSR count). The molecule has 1 atom stereocenters. The summed E-state index contributed by atoms with van der Waals surface area (Å²) in [5.74, 6) is 1.40. The van der Waals surface area contributed by atoms with Gasteiger partial charge in [-0.1, -0.05) is 24.6 Å². The Morgan fingerprint density at radius 3 is 2.94 bits per heavy atom. The number of carbonyl (C=O) groups excluding carboxylic acids is 1. The van der Waals surface area contributed by atoms with Crippen molar-refractivity contribution >= 4 is 17.5 Å². The number of thioether (sulfide) groups is 1. The number of rotatable bonds is 3. The molecule has 98 valence electrons. The predicted molar refractivity (Wildman–Crippen MR) is 78.6 cm³/mol. The third-order valence-electron chi connectivity index (χ3n) is 3.39. The highest BCUT2D eigenvalue weighted by molar-refractivity contribution is 7.99. The second kappa shape index (κ2) is 5.89. The van der Waals surface area contributed by atoms with Gasteiger partial charge in [-0.15, -0.1) is 0 Å². The lowest BCUT2D eigenvalue weighted by Crippen LogP contribution is -2.40. The van der Waals surface area contributed by atoms with E-state index in [9.17, 15) is 4.79 Å². The topological polar surface area (TPSA) is 20.3 Å². The summed E-state index contributed by atoms with van der Waals surface area (Å²) in [6.07, 6.45) is 0. The monoisotopic (exact) mass is 263 g/mol. The fourth-order valence-electron chi connectivity index (χ4n) is 2.36. The summed E-state index contributed by atoms with van der Waals surface area (Å²) in [4.78, 5) is 14.6. The molecule has 0 amide bonds. The minimum atomic E-state index is 0.260. The van der Waals surface area contributed by atoms with Crippen molar-refractivity contribution < 1.29 is 4.79 Å².